The fraction of sp³-hybridized carbons (Fsp3) is 0.500. The summed E-state index contributed by atoms with van der Waals surface area (Å²) in [5.41, 5.74) is 5.46. The predicted octanol–water partition coefficient (Wildman–Crippen LogP) is 1.55. The highest BCUT2D eigenvalue weighted by atomic mass is 16.5. The summed E-state index contributed by atoms with van der Waals surface area (Å²) in [7, 11) is 0. The number of ether oxygens (including phenoxy) is 2. The molecule has 122 valence electrons. The molecule has 2 N–H and O–H groups in total. The molecular formula is C16H24N2O4. The van der Waals surface area contributed by atoms with Crippen LogP contribution in [0, 0.1) is 0 Å². The minimum absolute atomic E-state index is 0.0845. The summed E-state index contributed by atoms with van der Waals surface area (Å²) in [6.07, 6.45) is 0. The van der Waals surface area contributed by atoms with E-state index in [0.29, 0.717) is 12.4 Å². The quantitative estimate of drug-likeness (QED) is 0.782. The third kappa shape index (κ3) is 6.13. The number of amides is 2. The Morgan fingerprint density at radius 3 is 2.23 bits per heavy atom. The molecular weight excluding hydrogens is 284 g/mol. The molecule has 0 aliphatic rings. The molecule has 1 rings (SSSR count). The van der Waals surface area contributed by atoms with Gasteiger partial charge in [-0.05, 0) is 24.0 Å². The van der Waals surface area contributed by atoms with Gasteiger partial charge in [0.15, 0.2) is 6.61 Å². The zero-order valence-corrected chi connectivity index (χ0v) is 13.6. The highest BCUT2D eigenvalue weighted by Gasteiger charge is 2.18. The number of benzene rings is 1. The summed E-state index contributed by atoms with van der Waals surface area (Å²) in [6, 6.07) is 7.58. The van der Waals surface area contributed by atoms with Gasteiger partial charge in [-0.3, -0.25) is 20.4 Å². The van der Waals surface area contributed by atoms with Crippen LogP contribution < -0.4 is 15.6 Å². The van der Waals surface area contributed by atoms with E-state index in [9.17, 15) is 9.59 Å². The van der Waals surface area contributed by atoms with Crippen molar-refractivity contribution >= 4 is 11.8 Å². The third-order valence-corrected chi connectivity index (χ3v) is 2.83. The smallest absolute Gasteiger partial charge is 0.276 e. The number of rotatable bonds is 6. The number of carbonyl (C=O) groups is 2. The molecule has 0 atom stereocenters. The lowest BCUT2D eigenvalue weighted by Gasteiger charge is -2.22. The summed E-state index contributed by atoms with van der Waals surface area (Å²) < 4.78 is 10.5. The summed E-state index contributed by atoms with van der Waals surface area (Å²) in [6.45, 7) is 8.17. The van der Waals surface area contributed by atoms with Gasteiger partial charge >= 0.3 is 0 Å². The normalized spacial score (nSPS) is 10.9. The fourth-order valence-corrected chi connectivity index (χ4v) is 1.76. The van der Waals surface area contributed by atoms with E-state index in [-0.39, 0.29) is 18.6 Å². The zero-order valence-electron chi connectivity index (χ0n) is 13.6. The summed E-state index contributed by atoms with van der Waals surface area (Å²) >= 11 is 0. The van der Waals surface area contributed by atoms with Gasteiger partial charge in [0.25, 0.3) is 11.8 Å². The second-order valence-corrected chi connectivity index (χ2v) is 5.77. The summed E-state index contributed by atoms with van der Waals surface area (Å²) in [5.74, 6) is -0.190. The largest absolute Gasteiger partial charge is 0.483 e. The van der Waals surface area contributed by atoms with Crippen LogP contribution in [0.2, 0.25) is 0 Å². The second-order valence-electron chi connectivity index (χ2n) is 5.77. The van der Waals surface area contributed by atoms with Crippen LogP contribution in [0.5, 0.6) is 5.75 Å². The van der Waals surface area contributed by atoms with Crippen LogP contribution in [0.15, 0.2) is 24.3 Å². The molecule has 0 bridgehead atoms. The Morgan fingerprint density at radius 2 is 1.64 bits per heavy atom. The lowest BCUT2D eigenvalue weighted by Crippen LogP contribution is -2.45. The average molecular weight is 308 g/mol. The molecule has 2 amide bonds. The van der Waals surface area contributed by atoms with Crippen molar-refractivity contribution in [1.29, 1.82) is 0 Å². The Kier molecular flexibility index (Phi) is 6.85. The molecule has 0 radical (unpaired) electrons. The second kappa shape index (κ2) is 8.38. The van der Waals surface area contributed by atoms with Gasteiger partial charge in [-0.15, -0.1) is 0 Å². The maximum atomic E-state index is 11.7. The zero-order chi connectivity index (χ0) is 16.6. The molecule has 0 saturated heterocycles. The Hall–Kier alpha value is -2.08. The molecule has 0 aliphatic heterocycles. The molecule has 6 heteroatoms. The maximum absolute atomic E-state index is 11.7. The van der Waals surface area contributed by atoms with Crippen molar-refractivity contribution in [3.8, 4) is 5.75 Å². The molecule has 0 aromatic heterocycles. The Labute approximate surface area is 131 Å². The molecule has 0 fully saturated rings. The minimum Gasteiger partial charge on any atom is -0.483 e. The van der Waals surface area contributed by atoms with Gasteiger partial charge in [0.1, 0.15) is 12.4 Å². The van der Waals surface area contributed by atoms with E-state index < -0.39 is 11.8 Å². The van der Waals surface area contributed by atoms with Gasteiger partial charge < -0.3 is 9.47 Å². The average Bonchev–Trinajstić information content (AvgIpc) is 2.48. The molecule has 1 aromatic rings. The molecule has 0 spiro atoms. The van der Waals surface area contributed by atoms with Gasteiger partial charge in [0.2, 0.25) is 0 Å². The van der Waals surface area contributed by atoms with Gasteiger partial charge in [-0.2, -0.15) is 0 Å². The van der Waals surface area contributed by atoms with E-state index in [1.54, 1.807) is 6.92 Å². The van der Waals surface area contributed by atoms with Crippen LogP contribution in [-0.2, 0) is 19.7 Å². The third-order valence-electron chi connectivity index (χ3n) is 2.83. The molecule has 0 aliphatic carbocycles. The monoisotopic (exact) mass is 308 g/mol. The van der Waals surface area contributed by atoms with Crippen LogP contribution in [0.3, 0.4) is 0 Å². The number of nitrogens with one attached hydrogen (secondary N) is 2. The van der Waals surface area contributed by atoms with Gasteiger partial charge in [-0.1, -0.05) is 39.0 Å². The molecule has 6 nitrogen and oxygen atoms in total. The standard InChI is InChI=1S/C16H24N2O4/c1-5-21-10-14(19)17-18-15(20)11-22-13-9-7-6-8-12(13)16(2,3)4/h6-9H,5,10-11H2,1-4H3,(H,17,19)(H,18,20). The first-order valence-electron chi connectivity index (χ1n) is 7.22. The van der Waals surface area contributed by atoms with Crippen molar-refractivity contribution < 1.29 is 19.1 Å². The number of hydrogen-bond acceptors (Lipinski definition) is 4. The van der Waals surface area contributed by atoms with Crippen molar-refractivity contribution in [2.45, 2.75) is 33.1 Å². The lowest BCUT2D eigenvalue weighted by molar-refractivity contribution is -0.132. The first-order valence-corrected chi connectivity index (χ1v) is 7.22. The van der Waals surface area contributed by atoms with E-state index >= 15 is 0 Å². The van der Waals surface area contributed by atoms with Crippen LogP contribution in [0.4, 0.5) is 0 Å². The lowest BCUT2D eigenvalue weighted by atomic mass is 9.86. The summed E-state index contributed by atoms with van der Waals surface area (Å²) in [5, 5.41) is 0. The van der Waals surface area contributed by atoms with Gasteiger partial charge in [0, 0.05) is 6.61 Å². The van der Waals surface area contributed by atoms with Crippen molar-refractivity contribution in [3.05, 3.63) is 29.8 Å². The Morgan fingerprint density at radius 1 is 1.05 bits per heavy atom. The van der Waals surface area contributed by atoms with E-state index in [1.165, 1.54) is 0 Å². The number of hydrogen-bond donors (Lipinski definition) is 2. The van der Waals surface area contributed by atoms with Gasteiger partial charge in [-0.25, -0.2) is 0 Å². The van der Waals surface area contributed by atoms with Gasteiger partial charge in [0.05, 0.1) is 0 Å². The van der Waals surface area contributed by atoms with Crippen LogP contribution in [-0.4, -0.2) is 31.6 Å². The first-order chi connectivity index (χ1) is 10.3. The molecule has 0 saturated carbocycles. The van der Waals surface area contributed by atoms with Crippen molar-refractivity contribution in [3.63, 3.8) is 0 Å². The molecule has 1 aromatic carbocycles. The highest BCUT2D eigenvalue weighted by molar-refractivity contribution is 5.83. The Balaban J connectivity index is 2.47. The fourth-order valence-electron chi connectivity index (χ4n) is 1.76. The number of carbonyl (C=O) groups excluding carboxylic acids is 2. The van der Waals surface area contributed by atoms with E-state index in [1.807, 2.05) is 24.3 Å². The van der Waals surface area contributed by atoms with E-state index in [4.69, 9.17) is 9.47 Å². The van der Waals surface area contributed by atoms with E-state index in [0.717, 1.165) is 5.56 Å². The molecule has 22 heavy (non-hydrogen) atoms. The predicted molar refractivity (Wildman–Crippen MR) is 83.4 cm³/mol. The number of hydrazine groups is 1. The van der Waals surface area contributed by atoms with Crippen molar-refractivity contribution in [1.82, 2.24) is 10.9 Å². The van der Waals surface area contributed by atoms with Crippen LogP contribution in [0.1, 0.15) is 33.3 Å². The van der Waals surface area contributed by atoms with Crippen molar-refractivity contribution in [2.75, 3.05) is 19.8 Å². The Bertz CT molecular complexity index is 509. The maximum Gasteiger partial charge on any atom is 0.276 e. The van der Waals surface area contributed by atoms with E-state index in [2.05, 4.69) is 31.6 Å². The molecule has 0 unspecified atom stereocenters. The molecule has 0 heterocycles. The highest BCUT2D eigenvalue weighted by Crippen LogP contribution is 2.30. The van der Waals surface area contributed by atoms with Crippen LogP contribution >= 0.6 is 0 Å². The number of para-hydroxylation sites is 1. The first kappa shape index (κ1) is 18.0. The summed E-state index contributed by atoms with van der Waals surface area (Å²) in [4.78, 5) is 22.9. The SMILES string of the molecule is CCOCC(=O)NNC(=O)COc1ccccc1C(C)(C)C. The topological polar surface area (TPSA) is 76.7 Å². The van der Waals surface area contributed by atoms with Crippen LogP contribution in [0.25, 0.3) is 0 Å². The minimum atomic E-state index is -0.437. The van der Waals surface area contributed by atoms with Crippen molar-refractivity contribution in [2.24, 2.45) is 0 Å².